The minimum atomic E-state index is 0.587. The molecule has 0 N–H and O–H groups in total. The van der Waals surface area contributed by atoms with Crippen LogP contribution in [0.2, 0.25) is 5.02 Å². The van der Waals surface area contributed by atoms with Crippen molar-refractivity contribution in [2.24, 2.45) is 5.92 Å². The molecule has 1 nitrogen and oxygen atoms in total. The third-order valence-electron chi connectivity index (χ3n) is 4.65. The average molecular weight is 290 g/mol. The summed E-state index contributed by atoms with van der Waals surface area (Å²) in [6.45, 7) is 2.27. The first-order valence-corrected chi connectivity index (χ1v) is 8.32. The Morgan fingerprint density at radius 2 is 1.95 bits per heavy atom. The van der Waals surface area contributed by atoms with Crippen LogP contribution < -0.4 is 0 Å². The van der Waals surface area contributed by atoms with E-state index in [2.05, 4.69) is 19.1 Å². The fraction of sp³-hybridized carbons (Fsp3) is 0.611. The maximum atomic E-state index is 8.92. The molecular weight excluding hydrogens is 266 g/mol. The first kappa shape index (κ1) is 15.4. The highest BCUT2D eigenvalue weighted by Gasteiger charge is 2.22. The molecule has 2 rings (SSSR count). The molecule has 0 heterocycles. The summed E-state index contributed by atoms with van der Waals surface area (Å²) in [6, 6.07) is 8.09. The maximum absolute atomic E-state index is 8.92. The van der Waals surface area contributed by atoms with Gasteiger partial charge < -0.3 is 0 Å². The van der Waals surface area contributed by atoms with Gasteiger partial charge in [-0.05, 0) is 55.2 Å². The molecule has 0 atom stereocenters. The van der Waals surface area contributed by atoms with E-state index in [1.807, 2.05) is 12.1 Å². The largest absolute Gasteiger partial charge is 0.192 e. The molecule has 1 aliphatic carbocycles. The first-order chi connectivity index (χ1) is 9.74. The van der Waals surface area contributed by atoms with Crippen LogP contribution in [0.1, 0.15) is 75.3 Å². The monoisotopic (exact) mass is 289 g/mol. The number of benzene rings is 1. The molecule has 1 fully saturated rings. The van der Waals surface area contributed by atoms with E-state index in [1.165, 1.54) is 56.9 Å². The second-order valence-corrected chi connectivity index (χ2v) is 6.47. The van der Waals surface area contributed by atoms with Crippen molar-refractivity contribution >= 4 is 11.6 Å². The Balaban J connectivity index is 1.87. The summed E-state index contributed by atoms with van der Waals surface area (Å²) < 4.78 is 0. The van der Waals surface area contributed by atoms with Gasteiger partial charge in [0.2, 0.25) is 0 Å². The Bertz CT molecular complexity index is 467. The molecule has 20 heavy (non-hydrogen) atoms. The van der Waals surface area contributed by atoms with Crippen molar-refractivity contribution in [3.05, 3.63) is 34.3 Å². The zero-order valence-corrected chi connectivity index (χ0v) is 13.1. The van der Waals surface area contributed by atoms with Crippen LogP contribution in [0.5, 0.6) is 0 Å². The average Bonchev–Trinajstić information content (AvgIpc) is 2.48. The quantitative estimate of drug-likeness (QED) is 0.604. The van der Waals surface area contributed by atoms with Crippen LogP contribution >= 0.6 is 11.6 Å². The summed E-state index contributed by atoms with van der Waals surface area (Å²) in [6.07, 6.45) is 10.8. The van der Waals surface area contributed by atoms with Gasteiger partial charge in [0, 0.05) is 0 Å². The van der Waals surface area contributed by atoms with E-state index in [1.54, 1.807) is 0 Å². The number of nitrogens with zero attached hydrogens (tertiary/aromatic N) is 1. The normalized spacial score (nSPS) is 22.4. The minimum absolute atomic E-state index is 0.587. The maximum Gasteiger partial charge on any atom is 0.101 e. The summed E-state index contributed by atoms with van der Waals surface area (Å²) in [5.74, 6) is 1.58. The molecule has 2 heteroatoms. The topological polar surface area (TPSA) is 23.8 Å². The smallest absolute Gasteiger partial charge is 0.101 e. The van der Waals surface area contributed by atoms with Gasteiger partial charge in [-0.25, -0.2) is 0 Å². The van der Waals surface area contributed by atoms with E-state index >= 15 is 0 Å². The second kappa shape index (κ2) is 7.70. The number of hydrogen-bond acceptors (Lipinski definition) is 1. The summed E-state index contributed by atoms with van der Waals surface area (Å²) in [7, 11) is 0. The van der Waals surface area contributed by atoms with Gasteiger partial charge in [0.25, 0.3) is 0 Å². The zero-order valence-electron chi connectivity index (χ0n) is 12.4. The molecule has 1 aromatic rings. The Hall–Kier alpha value is -1.00. The third-order valence-corrected chi connectivity index (χ3v) is 4.96. The summed E-state index contributed by atoms with van der Waals surface area (Å²) in [4.78, 5) is 0. The fourth-order valence-electron chi connectivity index (χ4n) is 3.34. The molecule has 1 aromatic carbocycles. The highest BCUT2D eigenvalue weighted by molar-refractivity contribution is 6.31. The van der Waals surface area contributed by atoms with Gasteiger partial charge in [0.05, 0.1) is 10.6 Å². The predicted octanol–water partition coefficient (Wildman–Crippen LogP) is 6.07. The lowest BCUT2D eigenvalue weighted by molar-refractivity contribution is 0.303. The van der Waals surface area contributed by atoms with Crippen molar-refractivity contribution in [2.75, 3.05) is 0 Å². The molecule has 0 spiro atoms. The first-order valence-electron chi connectivity index (χ1n) is 7.94. The number of rotatable bonds is 5. The highest BCUT2D eigenvalue weighted by atomic mass is 35.5. The number of unbranched alkanes of at least 4 members (excludes halogenated alkanes) is 2. The van der Waals surface area contributed by atoms with Crippen LogP contribution in [0.4, 0.5) is 0 Å². The van der Waals surface area contributed by atoms with Crippen molar-refractivity contribution in [3.63, 3.8) is 0 Å². The Morgan fingerprint density at radius 3 is 2.55 bits per heavy atom. The van der Waals surface area contributed by atoms with E-state index in [-0.39, 0.29) is 0 Å². The SMILES string of the molecule is CCCCCC1CCC(c2ccc(C#N)c(Cl)c2)CC1. The van der Waals surface area contributed by atoms with Crippen LogP contribution in [0.15, 0.2) is 18.2 Å². The molecule has 0 bridgehead atoms. The molecular formula is C18H24ClN. The van der Waals surface area contributed by atoms with Gasteiger partial charge in [-0.3, -0.25) is 0 Å². The van der Waals surface area contributed by atoms with Crippen molar-refractivity contribution in [2.45, 2.75) is 64.2 Å². The van der Waals surface area contributed by atoms with E-state index in [4.69, 9.17) is 16.9 Å². The van der Waals surface area contributed by atoms with Crippen LogP contribution in [0, 0.1) is 17.2 Å². The third kappa shape index (κ3) is 4.00. The molecule has 0 saturated heterocycles. The number of nitriles is 1. The van der Waals surface area contributed by atoms with Gasteiger partial charge in [0.15, 0.2) is 0 Å². The van der Waals surface area contributed by atoms with Crippen LogP contribution in [-0.2, 0) is 0 Å². The zero-order chi connectivity index (χ0) is 14.4. The molecule has 0 aliphatic heterocycles. The van der Waals surface area contributed by atoms with Crippen LogP contribution in [0.3, 0.4) is 0 Å². The molecule has 1 saturated carbocycles. The van der Waals surface area contributed by atoms with Crippen LogP contribution in [-0.4, -0.2) is 0 Å². The highest BCUT2D eigenvalue weighted by Crippen LogP contribution is 2.38. The van der Waals surface area contributed by atoms with Crippen LogP contribution in [0.25, 0.3) is 0 Å². The van der Waals surface area contributed by atoms with E-state index in [0.717, 1.165) is 5.92 Å². The molecule has 1 aliphatic rings. The van der Waals surface area contributed by atoms with E-state index < -0.39 is 0 Å². The molecule has 0 radical (unpaired) electrons. The van der Waals surface area contributed by atoms with Gasteiger partial charge in [-0.1, -0.05) is 50.3 Å². The van der Waals surface area contributed by atoms with Gasteiger partial charge in [-0.15, -0.1) is 0 Å². The standard InChI is InChI=1S/C18H24ClN/c1-2-3-4-5-14-6-8-15(9-7-14)16-10-11-17(13-20)18(19)12-16/h10-12,14-15H,2-9H2,1H3. The fourth-order valence-corrected chi connectivity index (χ4v) is 3.57. The van der Waals surface area contributed by atoms with Crippen molar-refractivity contribution in [3.8, 4) is 6.07 Å². The van der Waals surface area contributed by atoms with Crippen molar-refractivity contribution < 1.29 is 0 Å². The summed E-state index contributed by atoms with van der Waals surface area (Å²) in [5.41, 5.74) is 1.91. The molecule has 0 aromatic heterocycles. The lowest BCUT2D eigenvalue weighted by Gasteiger charge is -2.29. The summed E-state index contributed by atoms with van der Waals surface area (Å²) in [5, 5.41) is 9.53. The van der Waals surface area contributed by atoms with E-state index in [9.17, 15) is 0 Å². The lowest BCUT2D eigenvalue weighted by Crippen LogP contribution is -2.13. The minimum Gasteiger partial charge on any atom is -0.192 e. The van der Waals surface area contributed by atoms with Gasteiger partial charge in [-0.2, -0.15) is 5.26 Å². The van der Waals surface area contributed by atoms with Crippen molar-refractivity contribution in [1.29, 1.82) is 5.26 Å². The molecule has 108 valence electrons. The predicted molar refractivity (Wildman–Crippen MR) is 85.0 cm³/mol. The van der Waals surface area contributed by atoms with E-state index in [0.29, 0.717) is 16.5 Å². The number of halogens is 1. The Kier molecular flexibility index (Phi) is 5.92. The second-order valence-electron chi connectivity index (χ2n) is 6.06. The van der Waals surface area contributed by atoms with Crippen molar-refractivity contribution in [1.82, 2.24) is 0 Å². The molecule has 0 amide bonds. The molecule has 0 unspecified atom stereocenters. The lowest BCUT2D eigenvalue weighted by atomic mass is 9.77. The van der Waals surface area contributed by atoms with Gasteiger partial charge >= 0.3 is 0 Å². The number of hydrogen-bond donors (Lipinski definition) is 0. The van der Waals surface area contributed by atoms with Gasteiger partial charge in [0.1, 0.15) is 6.07 Å². The Morgan fingerprint density at radius 1 is 1.20 bits per heavy atom. The summed E-state index contributed by atoms with van der Waals surface area (Å²) >= 11 is 6.14. The Labute approximate surface area is 128 Å².